The van der Waals surface area contributed by atoms with Crippen LogP contribution in [0, 0.1) is 11.6 Å². The van der Waals surface area contributed by atoms with Crippen molar-refractivity contribution in [1.82, 2.24) is 16.2 Å². The smallest absolute Gasteiger partial charge is 0.269 e. The van der Waals surface area contributed by atoms with Gasteiger partial charge in [-0.15, -0.1) is 0 Å². The minimum atomic E-state index is -1.04. The summed E-state index contributed by atoms with van der Waals surface area (Å²) >= 11 is 0. The maximum atomic E-state index is 13.5. The Kier molecular flexibility index (Phi) is 6.45. The molecule has 2 aromatic rings. The summed E-state index contributed by atoms with van der Waals surface area (Å²) in [5, 5.41) is 2.18. The van der Waals surface area contributed by atoms with E-state index in [1.54, 1.807) is 12.1 Å². The van der Waals surface area contributed by atoms with Crippen molar-refractivity contribution in [3.05, 3.63) is 70.8 Å². The largest absolute Gasteiger partial charge is 0.343 e. The molecule has 2 rings (SSSR count). The van der Waals surface area contributed by atoms with Crippen LogP contribution in [-0.4, -0.2) is 24.3 Å². The zero-order valence-electron chi connectivity index (χ0n) is 15.7. The number of carbonyl (C=O) groups is 3. The SMILES string of the molecule is CC(C)(C)c1ccc(C(=O)NNC(=O)CNC(=O)c2ccc(F)cc2F)cc1. The van der Waals surface area contributed by atoms with Gasteiger partial charge in [0, 0.05) is 11.6 Å². The number of benzene rings is 2. The van der Waals surface area contributed by atoms with Crippen molar-refractivity contribution < 1.29 is 23.2 Å². The predicted molar refractivity (Wildman–Crippen MR) is 99.4 cm³/mol. The fourth-order valence-corrected chi connectivity index (χ4v) is 2.29. The molecule has 6 nitrogen and oxygen atoms in total. The van der Waals surface area contributed by atoms with E-state index in [9.17, 15) is 23.2 Å². The molecular weight excluding hydrogens is 368 g/mol. The van der Waals surface area contributed by atoms with Crippen molar-refractivity contribution in [3.8, 4) is 0 Å². The van der Waals surface area contributed by atoms with Crippen LogP contribution < -0.4 is 16.2 Å². The monoisotopic (exact) mass is 389 g/mol. The third-order valence-corrected chi connectivity index (χ3v) is 3.91. The van der Waals surface area contributed by atoms with Gasteiger partial charge in [-0.05, 0) is 35.2 Å². The Morgan fingerprint density at radius 2 is 1.54 bits per heavy atom. The second-order valence-corrected chi connectivity index (χ2v) is 7.14. The first-order valence-electron chi connectivity index (χ1n) is 8.51. The molecule has 0 spiro atoms. The molecule has 0 saturated heterocycles. The zero-order chi connectivity index (χ0) is 20.9. The van der Waals surface area contributed by atoms with E-state index in [2.05, 4.69) is 36.9 Å². The molecule has 0 saturated carbocycles. The first kappa shape index (κ1) is 21.0. The molecule has 0 aliphatic rings. The Hall–Kier alpha value is -3.29. The molecule has 3 N–H and O–H groups in total. The quantitative estimate of drug-likeness (QED) is 0.702. The van der Waals surface area contributed by atoms with Crippen molar-refractivity contribution >= 4 is 17.7 Å². The molecule has 28 heavy (non-hydrogen) atoms. The van der Waals surface area contributed by atoms with Crippen LogP contribution in [0.15, 0.2) is 42.5 Å². The molecule has 0 radical (unpaired) electrons. The highest BCUT2D eigenvalue weighted by atomic mass is 19.1. The molecule has 0 heterocycles. The molecule has 2 aromatic carbocycles. The van der Waals surface area contributed by atoms with Crippen LogP contribution >= 0.6 is 0 Å². The van der Waals surface area contributed by atoms with Crippen molar-refractivity contribution in [2.24, 2.45) is 0 Å². The topological polar surface area (TPSA) is 87.3 Å². The number of rotatable bonds is 4. The number of hydrazine groups is 1. The maximum Gasteiger partial charge on any atom is 0.269 e. The van der Waals surface area contributed by atoms with Crippen LogP contribution in [0.3, 0.4) is 0 Å². The standard InChI is InChI=1S/C20H21F2N3O3/c1-20(2,3)13-6-4-12(5-7-13)18(27)25-24-17(26)11-23-19(28)15-9-8-14(21)10-16(15)22/h4-10H,11H2,1-3H3,(H,23,28)(H,24,26)(H,25,27). The third-order valence-electron chi connectivity index (χ3n) is 3.91. The van der Waals surface area contributed by atoms with Crippen LogP contribution in [0.4, 0.5) is 8.78 Å². The van der Waals surface area contributed by atoms with Crippen LogP contribution in [0.2, 0.25) is 0 Å². The van der Waals surface area contributed by atoms with Crippen molar-refractivity contribution in [2.75, 3.05) is 6.54 Å². The minimum absolute atomic E-state index is 0.0502. The summed E-state index contributed by atoms with van der Waals surface area (Å²) in [5.41, 5.74) is 5.35. The van der Waals surface area contributed by atoms with Crippen molar-refractivity contribution in [2.45, 2.75) is 26.2 Å². The van der Waals surface area contributed by atoms with Gasteiger partial charge in [-0.25, -0.2) is 8.78 Å². The Balaban J connectivity index is 1.83. The van der Waals surface area contributed by atoms with Crippen LogP contribution in [0.1, 0.15) is 47.1 Å². The van der Waals surface area contributed by atoms with E-state index in [0.29, 0.717) is 11.6 Å². The van der Waals surface area contributed by atoms with E-state index in [4.69, 9.17) is 0 Å². The lowest BCUT2D eigenvalue weighted by atomic mass is 9.87. The molecule has 0 atom stereocenters. The zero-order valence-corrected chi connectivity index (χ0v) is 15.7. The Labute approximate surface area is 161 Å². The summed E-state index contributed by atoms with van der Waals surface area (Å²) in [4.78, 5) is 35.6. The first-order chi connectivity index (χ1) is 13.1. The van der Waals surface area contributed by atoms with Gasteiger partial charge in [-0.3, -0.25) is 25.2 Å². The van der Waals surface area contributed by atoms with E-state index in [1.807, 2.05) is 12.1 Å². The number of halogens is 2. The molecule has 0 bridgehead atoms. The van der Waals surface area contributed by atoms with Crippen molar-refractivity contribution in [3.63, 3.8) is 0 Å². The lowest BCUT2D eigenvalue weighted by molar-refractivity contribution is -0.120. The van der Waals surface area contributed by atoms with Gasteiger partial charge in [0.2, 0.25) is 0 Å². The van der Waals surface area contributed by atoms with Gasteiger partial charge in [-0.2, -0.15) is 0 Å². The number of carbonyl (C=O) groups excluding carboxylic acids is 3. The van der Waals surface area contributed by atoms with E-state index >= 15 is 0 Å². The lowest BCUT2D eigenvalue weighted by Gasteiger charge is -2.19. The number of hydrogen-bond acceptors (Lipinski definition) is 3. The molecule has 0 aliphatic carbocycles. The van der Waals surface area contributed by atoms with E-state index in [-0.39, 0.29) is 5.41 Å². The maximum absolute atomic E-state index is 13.5. The summed E-state index contributed by atoms with van der Waals surface area (Å²) < 4.78 is 26.4. The number of amides is 3. The molecule has 0 fully saturated rings. The highest BCUT2D eigenvalue weighted by Gasteiger charge is 2.16. The van der Waals surface area contributed by atoms with Gasteiger partial charge in [0.25, 0.3) is 17.7 Å². The average molecular weight is 389 g/mol. The van der Waals surface area contributed by atoms with E-state index in [0.717, 1.165) is 17.7 Å². The van der Waals surface area contributed by atoms with Gasteiger partial charge in [0.15, 0.2) is 0 Å². The molecule has 0 aliphatic heterocycles. The summed E-state index contributed by atoms with van der Waals surface area (Å²) in [6.07, 6.45) is 0. The first-order valence-corrected chi connectivity index (χ1v) is 8.51. The molecule has 3 amide bonds. The fraction of sp³-hybridized carbons (Fsp3) is 0.250. The van der Waals surface area contributed by atoms with Gasteiger partial charge >= 0.3 is 0 Å². The van der Waals surface area contributed by atoms with Gasteiger partial charge in [0.05, 0.1) is 12.1 Å². The third kappa shape index (κ3) is 5.60. The molecule has 0 aromatic heterocycles. The summed E-state index contributed by atoms with van der Waals surface area (Å²) in [5.74, 6) is -3.97. The van der Waals surface area contributed by atoms with Gasteiger partial charge in [-0.1, -0.05) is 32.9 Å². The van der Waals surface area contributed by atoms with Gasteiger partial charge < -0.3 is 5.32 Å². The summed E-state index contributed by atoms with van der Waals surface area (Å²) in [6.45, 7) is 5.65. The van der Waals surface area contributed by atoms with Crippen LogP contribution in [-0.2, 0) is 10.2 Å². The lowest BCUT2D eigenvalue weighted by Crippen LogP contribution is -2.46. The van der Waals surface area contributed by atoms with E-state index in [1.165, 1.54) is 0 Å². The van der Waals surface area contributed by atoms with Crippen LogP contribution in [0.5, 0.6) is 0 Å². The minimum Gasteiger partial charge on any atom is -0.343 e. The number of nitrogens with one attached hydrogen (secondary N) is 3. The predicted octanol–water partition coefficient (Wildman–Crippen LogP) is 2.45. The highest BCUT2D eigenvalue weighted by molar-refractivity contribution is 5.98. The summed E-state index contributed by atoms with van der Waals surface area (Å²) in [7, 11) is 0. The molecule has 0 unspecified atom stereocenters. The van der Waals surface area contributed by atoms with Gasteiger partial charge in [0.1, 0.15) is 11.6 Å². The molecular formula is C20H21F2N3O3. The van der Waals surface area contributed by atoms with Crippen LogP contribution in [0.25, 0.3) is 0 Å². The second kappa shape index (κ2) is 8.60. The number of hydrogen-bond donors (Lipinski definition) is 3. The molecule has 8 heteroatoms. The van der Waals surface area contributed by atoms with Crippen molar-refractivity contribution in [1.29, 1.82) is 0 Å². The Bertz CT molecular complexity index is 891. The summed E-state index contributed by atoms with van der Waals surface area (Å²) in [6, 6.07) is 9.41. The second-order valence-electron chi connectivity index (χ2n) is 7.14. The molecule has 148 valence electrons. The average Bonchev–Trinajstić information content (AvgIpc) is 2.63. The normalized spacial score (nSPS) is 10.9. The van der Waals surface area contributed by atoms with E-state index < -0.39 is 41.5 Å². The Morgan fingerprint density at radius 3 is 2.11 bits per heavy atom. The highest BCUT2D eigenvalue weighted by Crippen LogP contribution is 2.22. The fourth-order valence-electron chi connectivity index (χ4n) is 2.29. The Morgan fingerprint density at radius 1 is 0.893 bits per heavy atom.